The molecule has 30 heavy (non-hydrogen) atoms. The molecule has 0 aromatic heterocycles. The van der Waals surface area contributed by atoms with Gasteiger partial charge in [0.2, 0.25) is 0 Å². The van der Waals surface area contributed by atoms with Crippen molar-refractivity contribution in [2.24, 2.45) is 0 Å². The van der Waals surface area contributed by atoms with Crippen molar-refractivity contribution < 1.29 is 33.3 Å². The lowest BCUT2D eigenvalue weighted by Crippen LogP contribution is -2.23. The topological polar surface area (TPSA) is 100 Å². The summed E-state index contributed by atoms with van der Waals surface area (Å²) in [6.45, 7) is 3.87. The lowest BCUT2D eigenvalue weighted by Gasteiger charge is -2.12. The summed E-state index contributed by atoms with van der Waals surface area (Å²) in [5.74, 6) is -0.580. The second-order valence-electron chi connectivity index (χ2n) is 5.95. The van der Waals surface area contributed by atoms with Crippen molar-refractivity contribution in [2.75, 3.05) is 31.7 Å². The molecule has 0 bridgehead atoms. The van der Waals surface area contributed by atoms with Gasteiger partial charge in [0.1, 0.15) is 0 Å². The Bertz CT molecular complexity index is 866. The number of hydrogen-bond donors (Lipinski definition) is 1. The molecule has 0 heterocycles. The van der Waals surface area contributed by atoms with E-state index < -0.39 is 24.5 Å². The van der Waals surface area contributed by atoms with Crippen LogP contribution < -0.4 is 14.8 Å². The van der Waals surface area contributed by atoms with E-state index >= 15 is 0 Å². The number of carbonyl (C=O) groups excluding carboxylic acids is 3. The van der Waals surface area contributed by atoms with Gasteiger partial charge in [-0.2, -0.15) is 0 Å². The van der Waals surface area contributed by atoms with Crippen molar-refractivity contribution in [1.29, 1.82) is 0 Å². The monoisotopic (exact) mass is 415 g/mol. The third kappa shape index (κ3) is 7.12. The van der Waals surface area contributed by atoms with Crippen LogP contribution in [0.1, 0.15) is 30.6 Å². The second kappa shape index (κ2) is 12.1. The van der Waals surface area contributed by atoms with E-state index in [0.717, 1.165) is 0 Å². The standard InChI is InChI=1S/C22H25NO7/c1-3-27-18-11-7-8-12-19(18)29-14-13-21(25)30-15-20(24)23-17-10-6-5-9-16(17)22(26)28-4-2/h5-12H,3-4,13-15H2,1-2H3,(H,23,24). The Hall–Kier alpha value is -3.55. The number of esters is 2. The maximum absolute atomic E-state index is 12.1. The lowest BCUT2D eigenvalue weighted by atomic mass is 10.2. The van der Waals surface area contributed by atoms with Crippen LogP contribution in [0, 0.1) is 0 Å². The Morgan fingerprint density at radius 3 is 2.20 bits per heavy atom. The molecule has 1 N–H and O–H groups in total. The molecule has 8 heteroatoms. The molecule has 0 aliphatic rings. The molecule has 1 amide bonds. The molecule has 0 aliphatic heterocycles. The van der Waals surface area contributed by atoms with Gasteiger partial charge in [0, 0.05) is 0 Å². The van der Waals surface area contributed by atoms with Crippen molar-refractivity contribution in [1.82, 2.24) is 0 Å². The minimum Gasteiger partial charge on any atom is -0.490 e. The summed E-state index contributed by atoms with van der Waals surface area (Å²) >= 11 is 0. The molecule has 0 radical (unpaired) electrons. The molecule has 0 fully saturated rings. The van der Waals surface area contributed by atoms with E-state index in [2.05, 4.69) is 5.32 Å². The minimum absolute atomic E-state index is 0.0346. The van der Waals surface area contributed by atoms with E-state index in [1.807, 2.05) is 13.0 Å². The second-order valence-corrected chi connectivity index (χ2v) is 5.95. The largest absolute Gasteiger partial charge is 0.490 e. The Labute approximate surface area is 175 Å². The zero-order chi connectivity index (χ0) is 21.8. The molecule has 2 aromatic rings. The quantitative estimate of drug-likeness (QED) is 0.563. The minimum atomic E-state index is -0.585. The van der Waals surface area contributed by atoms with Gasteiger partial charge in [-0.25, -0.2) is 4.79 Å². The number of ether oxygens (including phenoxy) is 4. The molecule has 160 valence electrons. The average molecular weight is 415 g/mol. The number of amides is 1. The molecule has 0 atom stereocenters. The maximum Gasteiger partial charge on any atom is 0.340 e. The first-order valence-corrected chi connectivity index (χ1v) is 9.61. The smallest absolute Gasteiger partial charge is 0.340 e. The predicted octanol–water partition coefficient (Wildman–Crippen LogP) is 3.21. The van der Waals surface area contributed by atoms with Gasteiger partial charge in [-0.15, -0.1) is 0 Å². The van der Waals surface area contributed by atoms with Crippen LogP contribution in [0.5, 0.6) is 11.5 Å². The molecular weight excluding hydrogens is 390 g/mol. The van der Waals surface area contributed by atoms with Crippen LogP contribution in [0.25, 0.3) is 0 Å². The van der Waals surface area contributed by atoms with Gasteiger partial charge in [-0.1, -0.05) is 24.3 Å². The lowest BCUT2D eigenvalue weighted by molar-refractivity contribution is -0.147. The molecule has 0 unspecified atom stereocenters. The molecule has 0 saturated carbocycles. The number of para-hydroxylation sites is 3. The summed E-state index contributed by atoms with van der Waals surface area (Å²) < 4.78 is 20.9. The van der Waals surface area contributed by atoms with Crippen molar-refractivity contribution in [3.05, 3.63) is 54.1 Å². The highest BCUT2D eigenvalue weighted by Crippen LogP contribution is 2.26. The van der Waals surface area contributed by atoms with Crippen LogP contribution in [0.15, 0.2) is 48.5 Å². The highest BCUT2D eigenvalue weighted by Gasteiger charge is 2.15. The number of nitrogens with one attached hydrogen (secondary N) is 1. The summed E-state index contributed by atoms with van der Waals surface area (Å²) in [6.07, 6.45) is -0.0346. The van der Waals surface area contributed by atoms with Crippen molar-refractivity contribution >= 4 is 23.5 Å². The van der Waals surface area contributed by atoms with E-state index in [1.54, 1.807) is 43.3 Å². The first-order chi connectivity index (χ1) is 14.5. The predicted molar refractivity (Wildman–Crippen MR) is 110 cm³/mol. The first kappa shape index (κ1) is 22.7. The third-order valence-corrected chi connectivity index (χ3v) is 3.77. The number of anilines is 1. The van der Waals surface area contributed by atoms with E-state index in [4.69, 9.17) is 18.9 Å². The molecule has 0 aliphatic carbocycles. The van der Waals surface area contributed by atoms with Crippen LogP contribution in [0.2, 0.25) is 0 Å². The maximum atomic E-state index is 12.1. The fraction of sp³-hybridized carbons (Fsp3) is 0.318. The van der Waals surface area contributed by atoms with Crippen molar-refractivity contribution in [3.8, 4) is 11.5 Å². The Kier molecular flexibility index (Phi) is 9.18. The summed E-state index contributed by atoms with van der Waals surface area (Å²) in [7, 11) is 0. The van der Waals surface area contributed by atoms with Gasteiger partial charge in [0.15, 0.2) is 18.1 Å². The van der Waals surface area contributed by atoms with Gasteiger partial charge < -0.3 is 24.3 Å². The zero-order valence-corrected chi connectivity index (χ0v) is 17.0. The van der Waals surface area contributed by atoms with Gasteiger partial charge in [0.05, 0.1) is 37.5 Å². The van der Waals surface area contributed by atoms with Crippen molar-refractivity contribution in [3.63, 3.8) is 0 Å². The van der Waals surface area contributed by atoms with Gasteiger partial charge >= 0.3 is 11.9 Å². The molecule has 0 spiro atoms. The molecule has 0 saturated heterocycles. The van der Waals surface area contributed by atoms with Crippen LogP contribution in [-0.2, 0) is 19.1 Å². The zero-order valence-electron chi connectivity index (χ0n) is 17.0. The highest BCUT2D eigenvalue weighted by atomic mass is 16.5. The van der Waals surface area contributed by atoms with E-state index in [-0.39, 0.29) is 30.9 Å². The highest BCUT2D eigenvalue weighted by molar-refractivity contribution is 6.01. The number of carbonyl (C=O) groups is 3. The fourth-order valence-corrected chi connectivity index (χ4v) is 2.47. The normalized spacial score (nSPS) is 10.1. The fourth-order valence-electron chi connectivity index (χ4n) is 2.47. The van der Waals surface area contributed by atoms with Crippen LogP contribution >= 0.6 is 0 Å². The van der Waals surface area contributed by atoms with Crippen molar-refractivity contribution in [2.45, 2.75) is 20.3 Å². The third-order valence-electron chi connectivity index (χ3n) is 3.77. The summed E-state index contributed by atoms with van der Waals surface area (Å²) in [4.78, 5) is 35.9. The van der Waals surface area contributed by atoms with Crippen LogP contribution in [0.4, 0.5) is 5.69 Å². The molecule has 2 rings (SSSR count). The number of benzene rings is 2. The van der Waals surface area contributed by atoms with E-state index in [1.165, 1.54) is 6.07 Å². The van der Waals surface area contributed by atoms with Gasteiger partial charge in [-0.05, 0) is 38.1 Å². The first-order valence-electron chi connectivity index (χ1n) is 9.61. The number of hydrogen-bond acceptors (Lipinski definition) is 7. The Morgan fingerprint density at radius 1 is 0.833 bits per heavy atom. The van der Waals surface area contributed by atoms with Crippen LogP contribution in [0.3, 0.4) is 0 Å². The molecule has 2 aromatic carbocycles. The van der Waals surface area contributed by atoms with Crippen LogP contribution in [-0.4, -0.2) is 44.3 Å². The van der Waals surface area contributed by atoms with Gasteiger partial charge in [0.25, 0.3) is 5.91 Å². The average Bonchev–Trinajstić information content (AvgIpc) is 2.74. The van der Waals surface area contributed by atoms with Gasteiger partial charge in [-0.3, -0.25) is 9.59 Å². The SMILES string of the molecule is CCOC(=O)c1ccccc1NC(=O)COC(=O)CCOc1ccccc1OCC. The molecule has 8 nitrogen and oxygen atoms in total. The number of rotatable bonds is 11. The molecular formula is C22H25NO7. The Balaban J connectivity index is 1.78. The van der Waals surface area contributed by atoms with E-state index in [0.29, 0.717) is 18.1 Å². The van der Waals surface area contributed by atoms with E-state index in [9.17, 15) is 14.4 Å². The summed E-state index contributed by atoms with van der Waals surface area (Å²) in [5.41, 5.74) is 0.508. The summed E-state index contributed by atoms with van der Waals surface area (Å²) in [6, 6.07) is 13.6. The summed E-state index contributed by atoms with van der Waals surface area (Å²) in [5, 5.41) is 2.54. The Morgan fingerprint density at radius 2 is 1.50 bits per heavy atom.